The van der Waals surface area contributed by atoms with Gasteiger partial charge in [0, 0.05) is 4.88 Å². The van der Waals surface area contributed by atoms with Gasteiger partial charge in [-0.3, -0.25) is 4.79 Å². The molecule has 0 radical (unpaired) electrons. The number of aryl methyl sites for hydroxylation is 1. The molecule has 3 N–H and O–H groups in total. The van der Waals surface area contributed by atoms with Crippen LogP contribution in [0.1, 0.15) is 42.7 Å². The summed E-state index contributed by atoms with van der Waals surface area (Å²) in [6.07, 6.45) is 4.03. The first-order valence-electron chi connectivity index (χ1n) is 5.84. The predicted molar refractivity (Wildman–Crippen MR) is 66.4 cm³/mol. The number of amides is 1. The molecular formula is C12H18N2OS. The molecule has 0 bridgehead atoms. The lowest BCUT2D eigenvalue weighted by atomic mass is 9.94. The largest absolute Gasteiger partial charge is 0.348 e. The minimum absolute atomic E-state index is 0.0217. The van der Waals surface area contributed by atoms with Crippen LogP contribution >= 0.6 is 11.3 Å². The van der Waals surface area contributed by atoms with E-state index in [-0.39, 0.29) is 18.0 Å². The van der Waals surface area contributed by atoms with E-state index in [0.29, 0.717) is 6.42 Å². The average Bonchev–Trinajstić information content (AvgIpc) is 2.77. The number of carbonyl (C=O) groups excluding carboxylic acids is 1. The van der Waals surface area contributed by atoms with Gasteiger partial charge in [-0.1, -0.05) is 6.92 Å². The molecular weight excluding hydrogens is 220 g/mol. The number of rotatable bonds is 3. The van der Waals surface area contributed by atoms with Crippen LogP contribution < -0.4 is 11.1 Å². The normalized spacial score (nSPS) is 21.2. The standard InChI is InChI=1S/C12H18N2OS/c1-2-9(13)12(15)14-10-4-3-5-11-8(10)6-7-16-11/h6-7,9-10H,2-5,13H2,1H3,(H,14,15)/t9-,10?/m1/s1. The molecule has 1 aliphatic carbocycles. The van der Waals surface area contributed by atoms with Crippen LogP contribution in [0.25, 0.3) is 0 Å². The molecule has 88 valence electrons. The Balaban J connectivity index is 2.05. The Labute approximate surface area is 100 Å². The number of nitrogens with two attached hydrogens (primary N) is 1. The van der Waals surface area contributed by atoms with Crippen molar-refractivity contribution in [1.82, 2.24) is 5.32 Å². The second-order valence-electron chi connectivity index (χ2n) is 4.27. The van der Waals surface area contributed by atoms with E-state index in [9.17, 15) is 4.79 Å². The van der Waals surface area contributed by atoms with Gasteiger partial charge in [-0.2, -0.15) is 0 Å². The molecule has 0 spiro atoms. The van der Waals surface area contributed by atoms with Crippen molar-refractivity contribution in [3.05, 3.63) is 21.9 Å². The van der Waals surface area contributed by atoms with Gasteiger partial charge in [0.15, 0.2) is 0 Å². The number of nitrogens with one attached hydrogen (secondary N) is 1. The summed E-state index contributed by atoms with van der Waals surface area (Å²) in [5, 5.41) is 5.16. The number of carbonyl (C=O) groups is 1. The Morgan fingerprint density at radius 1 is 1.75 bits per heavy atom. The van der Waals surface area contributed by atoms with E-state index in [0.717, 1.165) is 19.3 Å². The minimum atomic E-state index is -0.371. The van der Waals surface area contributed by atoms with Gasteiger partial charge in [0.25, 0.3) is 0 Å². The molecule has 0 aliphatic heterocycles. The molecule has 1 aromatic heterocycles. The topological polar surface area (TPSA) is 55.1 Å². The van der Waals surface area contributed by atoms with E-state index >= 15 is 0 Å². The van der Waals surface area contributed by atoms with Crippen LogP contribution in [0.15, 0.2) is 11.4 Å². The lowest BCUT2D eigenvalue weighted by Gasteiger charge is -2.24. The van der Waals surface area contributed by atoms with Crippen molar-refractivity contribution in [3.8, 4) is 0 Å². The maximum absolute atomic E-state index is 11.7. The van der Waals surface area contributed by atoms with Gasteiger partial charge in [-0.25, -0.2) is 0 Å². The third-order valence-electron chi connectivity index (χ3n) is 3.15. The molecule has 1 unspecified atom stereocenters. The zero-order valence-electron chi connectivity index (χ0n) is 9.53. The fraction of sp³-hybridized carbons (Fsp3) is 0.583. The maximum atomic E-state index is 11.7. The summed E-state index contributed by atoms with van der Waals surface area (Å²) in [6, 6.07) is 1.94. The lowest BCUT2D eigenvalue weighted by Crippen LogP contribution is -2.42. The van der Waals surface area contributed by atoms with Gasteiger partial charge in [0.05, 0.1) is 12.1 Å². The fourth-order valence-electron chi connectivity index (χ4n) is 2.10. The monoisotopic (exact) mass is 238 g/mol. The van der Waals surface area contributed by atoms with Crippen molar-refractivity contribution >= 4 is 17.2 Å². The highest BCUT2D eigenvalue weighted by atomic mass is 32.1. The van der Waals surface area contributed by atoms with Crippen LogP contribution in [0.3, 0.4) is 0 Å². The molecule has 3 nitrogen and oxygen atoms in total. The first-order chi connectivity index (χ1) is 7.72. The summed E-state index contributed by atoms with van der Waals surface area (Å²) in [5.41, 5.74) is 7.02. The summed E-state index contributed by atoms with van der Waals surface area (Å²) in [7, 11) is 0. The second kappa shape index (κ2) is 4.97. The molecule has 2 atom stereocenters. The van der Waals surface area contributed by atoms with Crippen LogP contribution in [0.5, 0.6) is 0 Å². The van der Waals surface area contributed by atoms with E-state index in [1.54, 1.807) is 11.3 Å². The highest BCUT2D eigenvalue weighted by Gasteiger charge is 2.24. The van der Waals surface area contributed by atoms with Crippen LogP contribution in [-0.2, 0) is 11.2 Å². The van der Waals surface area contributed by atoms with Gasteiger partial charge < -0.3 is 11.1 Å². The summed E-state index contributed by atoms with van der Waals surface area (Å²) in [6.45, 7) is 1.93. The average molecular weight is 238 g/mol. The number of hydrogen-bond donors (Lipinski definition) is 2. The van der Waals surface area contributed by atoms with Crippen LogP contribution in [0.4, 0.5) is 0 Å². The first kappa shape index (κ1) is 11.6. The zero-order chi connectivity index (χ0) is 11.5. The van der Waals surface area contributed by atoms with Crippen molar-refractivity contribution in [2.45, 2.75) is 44.7 Å². The molecule has 0 saturated heterocycles. The maximum Gasteiger partial charge on any atom is 0.237 e. The highest BCUT2D eigenvalue weighted by Crippen LogP contribution is 2.33. The van der Waals surface area contributed by atoms with E-state index in [1.165, 1.54) is 10.4 Å². The summed E-state index contributed by atoms with van der Waals surface area (Å²) in [4.78, 5) is 13.2. The van der Waals surface area contributed by atoms with Crippen molar-refractivity contribution in [2.75, 3.05) is 0 Å². The molecule has 2 rings (SSSR count). The van der Waals surface area contributed by atoms with Gasteiger partial charge in [-0.15, -0.1) is 11.3 Å². The first-order valence-corrected chi connectivity index (χ1v) is 6.72. The van der Waals surface area contributed by atoms with Gasteiger partial charge in [0.1, 0.15) is 0 Å². The quantitative estimate of drug-likeness (QED) is 0.846. The summed E-state index contributed by atoms with van der Waals surface area (Å²) < 4.78 is 0. The van der Waals surface area contributed by atoms with E-state index in [2.05, 4.69) is 16.8 Å². The Kier molecular flexibility index (Phi) is 3.61. The molecule has 1 aliphatic rings. The Morgan fingerprint density at radius 3 is 3.31 bits per heavy atom. The van der Waals surface area contributed by atoms with Crippen LogP contribution in [0.2, 0.25) is 0 Å². The number of hydrogen-bond acceptors (Lipinski definition) is 3. The molecule has 16 heavy (non-hydrogen) atoms. The summed E-state index contributed by atoms with van der Waals surface area (Å²) in [5.74, 6) is -0.0217. The Bertz CT molecular complexity index is 375. The predicted octanol–water partition coefficient (Wildman–Crippen LogP) is 1.98. The van der Waals surface area contributed by atoms with Crippen molar-refractivity contribution in [2.24, 2.45) is 5.73 Å². The number of fused-ring (bicyclic) bond motifs is 1. The summed E-state index contributed by atoms with van der Waals surface area (Å²) >= 11 is 1.79. The molecule has 4 heteroatoms. The second-order valence-corrected chi connectivity index (χ2v) is 5.27. The fourth-order valence-corrected chi connectivity index (χ4v) is 3.09. The van der Waals surface area contributed by atoms with E-state index < -0.39 is 0 Å². The van der Waals surface area contributed by atoms with Gasteiger partial charge >= 0.3 is 0 Å². The smallest absolute Gasteiger partial charge is 0.237 e. The van der Waals surface area contributed by atoms with Crippen LogP contribution in [-0.4, -0.2) is 11.9 Å². The minimum Gasteiger partial charge on any atom is -0.348 e. The van der Waals surface area contributed by atoms with E-state index in [4.69, 9.17) is 5.73 Å². The van der Waals surface area contributed by atoms with Crippen molar-refractivity contribution < 1.29 is 4.79 Å². The molecule has 0 saturated carbocycles. The van der Waals surface area contributed by atoms with Gasteiger partial charge in [0.2, 0.25) is 5.91 Å². The number of thiophene rings is 1. The SMILES string of the molecule is CC[C@@H](N)C(=O)NC1CCCc2sccc21. The van der Waals surface area contributed by atoms with E-state index in [1.807, 2.05) is 6.92 Å². The third kappa shape index (κ3) is 2.28. The molecule has 1 heterocycles. The lowest BCUT2D eigenvalue weighted by molar-refractivity contribution is -0.123. The molecule has 1 aromatic rings. The third-order valence-corrected chi connectivity index (χ3v) is 4.14. The van der Waals surface area contributed by atoms with Crippen molar-refractivity contribution in [3.63, 3.8) is 0 Å². The molecule has 0 aromatic carbocycles. The molecule has 0 fully saturated rings. The van der Waals surface area contributed by atoms with Crippen LogP contribution in [0, 0.1) is 0 Å². The zero-order valence-corrected chi connectivity index (χ0v) is 10.3. The van der Waals surface area contributed by atoms with Crippen molar-refractivity contribution in [1.29, 1.82) is 0 Å². The molecule has 1 amide bonds. The Morgan fingerprint density at radius 2 is 2.56 bits per heavy atom. The highest BCUT2D eigenvalue weighted by molar-refractivity contribution is 7.10. The van der Waals surface area contributed by atoms with Gasteiger partial charge in [-0.05, 0) is 42.7 Å². The Hall–Kier alpha value is -0.870.